The largest absolute Gasteiger partial charge is 0.376 e. The number of hydrogen-bond donors (Lipinski definition) is 0. The van der Waals surface area contributed by atoms with Gasteiger partial charge in [0.1, 0.15) is 0 Å². The molecular weight excluding hydrogens is 134 g/mol. The molecule has 0 spiro atoms. The molecule has 0 aromatic carbocycles. The van der Waals surface area contributed by atoms with Gasteiger partial charge in [-0.2, -0.15) is 0 Å². The summed E-state index contributed by atoms with van der Waals surface area (Å²) in [5, 5.41) is 0. The monoisotopic (exact) mass is 157 g/mol. The molecule has 0 aliphatic heterocycles. The molecule has 0 atom stereocenters. The summed E-state index contributed by atoms with van der Waals surface area (Å²) in [4.78, 5) is 2.31. The molecule has 0 aromatic rings. The van der Waals surface area contributed by atoms with Crippen molar-refractivity contribution >= 4 is 0 Å². The Morgan fingerprint density at radius 1 is 1.18 bits per heavy atom. The maximum absolute atomic E-state index is 4.01. The summed E-state index contributed by atoms with van der Waals surface area (Å²) in [6, 6.07) is 0. The summed E-state index contributed by atoms with van der Waals surface area (Å²) < 4.78 is 0. The Balaban J connectivity index is 0. The molecule has 68 valence electrons. The van der Waals surface area contributed by atoms with Crippen LogP contribution in [-0.2, 0) is 0 Å². The Labute approximate surface area is 72.1 Å². The molecule has 0 aromatic heterocycles. The molecule has 1 nitrogen and oxygen atoms in total. The second-order valence-corrected chi connectivity index (χ2v) is 2.49. The van der Waals surface area contributed by atoms with Gasteiger partial charge in [-0.25, -0.2) is 0 Å². The third kappa shape index (κ3) is 4.88. The quantitative estimate of drug-likeness (QED) is 0.592. The molecular formula is C10H23N. The smallest absolute Gasteiger partial charge is 0.0146 e. The number of allylic oxidation sites excluding steroid dienone is 1. The Bertz CT molecular complexity index is 93.0. The van der Waals surface area contributed by atoms with Gasteiger partial charge in [0.05, 0.1) is 0 Å². The first-order valence-corrected chi connectivity index (χ1v) is 4.18. The van der Waals surface area contributed by atoms with Crippen LogP contribution in [0.1, 0.15) is 41.0 Å². The second kappa shape index (κ2) is 7.64. The molecule has 0 saturated carbocycles. The molecule has 0 heterocycles. The summed E-state index contributed by atoms with van der Waals surface area (Å²) in [6.07, 6.45) is 2.34. The molecule has 0 aliphatic carbocycles. The Morgan fingerprint density at radius 2 is 1.64 bits per heavy atom. The summed E-state index contributed by atoms with van der Waals surface area (Å²) >= 11 is 0. The van der Waals surface area contributed by atoms with Crippen LogP contribution in [0.5, 0.6) is 0 Å². The van der Waals surface area contributed by atoms with Gasteiger partial charge in [0.25, 0.3) is 0 Å². The fraction of sp³-hybridized carbons (Fsp3) is 0.800. The van der Waals surface area contributed by atoms with Crippen LogP contribution in [0.15, 0.2) is 12.3 Å². The zero-order valence-electron chi connectivity index (χ0n) is 7.48. The van der Waals surface area contributed by atoms with Gasteiger partial charge in [-0.1, -0.05) is 27.4 Å². The predicted octanol–water partition coefficient (Wildman–Crippen LogP) is 3.28. The van der Waals surface area contributed by atoms with E-state index in [9.17, 15) is 0 Å². The van der Waals surface area contributed by atoms with E-state index in [1.165, 1.54) is 12.1 Å². The normalized spacial score (nSPS) is 8.64. The minimum Gasteiger partial charge on any atom is -0.376 e. The molecule has 11 heavy (non-hydrogen) atoms. The molecule has 0 fully saturated rings. The van der Waals surface area contributed by atoms with Crippen LogP contribution in [0, 0.1) is 0 Å². The lowest BCUT2D eigenvalue weighted by atomic mass is 10.2. The average molecular weight is 157 g/mol. The second-order valence-electron chi connectivity index (χ2n) is 2.49. The number of hydrogen-bond acceptors (Lipinski definition) is 1. The van der Waals surface area contributed by atoms with Crippen molar-refractivity contribution in [3.05, 3.63) is 12.3 Å². The van der Waals surface area contributed by atoms with Crippen molar-refractivity contribution in [3.8, 4) is 0 Å². The number of rotatable bonds is 5. The first-order valence-electron chi connectivity index (χ1n) is 4.18. The lowest BCUT2D eigenvalue weighted by molar-refractivity contribution is 0.369. The standard InChI is InChI=1S/C9H19N.CH4/c1-5-8-9(4)10(6-2)7-3;/h4-8H2,1-3H3;1H4. The summed E-state index contributed by atoms with van der Waals surface area (Å²) in [5.74, 6) is 0. The van der Waals surface area contributed by atoms with E-state index in [1.54, 1.807) is 0 Å². The van der Waals surface area contributed by atoms with Gasteiger partial charge in [0, 0.05) is 18.8 Å². The lowest BCUT2D eigenvalue weighted by Crippen LogP contribution is -2.21. The summed E-state index contributed by atoms with van der Waals surface area (Å²) in [6.45, 7) is 12.7. The van der Waals surface area contributed by atoms with Crippen molar-refractivity contribution in [2.45, 2.75) is 41.0 Å². The van der Waals surface area contributed by atoms with Gasteiger partial charge < -0.3 is 4.90 Å². The first kappa shape index (κ1) is 13.2. The van der Waals surface area contributed by atoms with Crippen molar-refractivity contribution in [3.63, 3.8) is 0 Å². The summed E-state index contributed by atoms with van der Waals surface area (Å²) in [7, 11) is 0. The molecule has 0 amide bonds. The predicted molar refractivity (Wildman–Crippen MR) is 53.7 cm³/mol. The van der Waals surface area contributed by atoms with E-state index in [2.05, 4.69) is 32.3 Å². The van der Waals surface area contributed by atoms with E-state index in [4.69, 9.17) is 0 Å². The molecule has 1 heteroatoms. The van der Waals surface area contributed by atoms with Gasteiger partial charge in [0.2, 0.25) is 0 Å². The molecule has 0 saturated heterocycles. The van der Waals surface area contributed by atoms with Crippen molar-refractivity contribution in [2.24, 2.45) is 0 Å². The van der Waals surface area contributed by atoms with Crippen molar-refractivity contribution < 1.29 is 0 Å². The molecule has 0 radical (unpaired) electrons. The Hall–Kier alpha value is -0.460. The Morgan fingerprint density at radius 3 is 1.91 bits per heavy atom. The fourth-order valence-corrected chi connectivity index (χ4v) is 1.12. The zero-order valence-corrected chi connectivity index (χ0v) is 7.48. The van der Waals surface area contributed by atoms with Crippen LogP contribution in [-0.4, -0.2) is 18.0 Å². The van der Waals surface area contributed by atoms with Crippen LogP contribution >= 0.6 is 0 Å². The van der Waals surface area contributed by atoms with E-state index in [0.29, 0.717) is 0 Å². The van der Waals surface area contributed by atoms with E-state index >= 15 is 0 Å². The van der Waals surface area contributed by atoms with Gasteiger partial charge in [0.15, 0.2) is 0 Å². The van der Waals surface area contributed by atoms with Crippen LogP contribution in [0.4, 0.5) is 0 Å². The van der Waals surface area contributed by atoms with Crippen LogP contribution < -0.4 is 0 Å². The van der Waals surface area contributed by atoms with Crippen LogP contribution in [0.3, 0.4) is 0 Å². The maximum Gasteiger partial charge on any atom is 0.0146 e. The van der Waals surface area contributed by atoms with Gasteiger partial charge in [-0.15, -0.1) is 0 Å². The van der Waals surface area contributed by atoms with Crippen molar-refractivity contribution in [1.82, 2.24) is 4.90 Å². The van der Waals surface area contributed by atoms with Crippen LogP contribution in [0.2, 0.25) is 0 Å². The topological polar surface area (TPSA) is 3.24 Å². The first-order chi connectivity index (χ1) is 4.76. The van der Waals surface area contributed by atoms with Crippen molar-refractivity contribution in [1.29, 1.82) is 0 Å². The van der Waals surface area contributed by atoms with Crippen molar-refractivity contribution in [2.75, 3.05) is 13.1 Å². The van der Waals surface area contributed by atoms with E-state index in [0.717, 1.165) is 19.5 Å². The molecule has 0 bridgehead atoms. The highest BCUT2D eigenvalue weighted by molar-refractivity contribution is 4.92. The minimum atomic E-state index is 0. The SMILES string of the molecule is C.C=C(CCC)N(CC)CC. The highest BCUT2D eigenvalue weighted by Crippen LogP contribution is 2.07. The van der Waals surface area contributed by atoms with Gasteiger partial charge >= 0.3 is 0 Å². The van der Waals surface area contributed by atoms with Crippen LogP contribution in [0.25, 0.3) is 0 Å². The van der Waals surface area contributed by atoms with E-state index in [1.807, 2.05) is 0 Å². The highest BCUT2D eigenvalue weighted by atomic mass is 15.1. The highest BCUT2D eigenvalue weighted by Gasteiger charge is 1.99. The zero-order chi connectivity index (χ0) is 7.98. The summed E-state index contributed by atoms with van der Waals surface area (Å²) in [5.41, 5.74) is 1.28. The molecule has 0 N–H and O–H groups in total. The lowest BCUT2D eigenvalue weighted by Gasteiger charge is -2.22. The maximum atomic E-state index is 4.01. The average Bonchev–Trinajstić information content (AvgIpc) is 1.91. The third-order valence-corrected chi connectivity index (χ3v) is 1.75. The molecule has 0 aliphatic rings. The van der Waals surface area contributed by atoms with Gasteiger partial charge in [-0.3, -0.25) is 0 Å². The fourth-order valence-electron chi connectivity index (χ4n) is 1.12. The van der Waals surface area contributed by atoms with Gasteiger partial charge in [-0.05, 0) is 20.3 Å². The number of nitrogens with zero attached hydrogens (tertiary/aromatic N) is 1. The minimum absolute atomic E-state index is 0. The Kier molecular flexibility index (Phi) is 9.14. The van der Waals surface area contributed by atoms with E-state index < -0.39 is 0 Å². The third-order valence-electron chi connectivity index (χ3n) is 1.75. The van der Waals surface area contributed by atoms with E-state index in [-0.39, 0.29) is 7.43 Å². The molecule has 0 rings (SSSR count). The molecule has 0 unspecified atom stereocenters.